The van der Waals surface area contributed by atoms with Crippen LogP contribution in [0.5, 0.6) is 0 Å². The minimum Gasteiger partial charge on any atom is -0.330 e. The highest BCUT2D eigenvalue weighted by Gasteiger charge is 2.23. The van der Waals surface area contributed by atoms with E-state index in [1.54, 1.807) is 0 Å². The zero-order valence-corrected chi connectivity index (χ0v) is 12.6. The van der Waals surface area contributed by atoms with Gasteiger partial charge >= 0.3 is 6.00 Å². The van der Waals surface area contributed by atoms with Crippen LogP contribution in [0, 0.1) is 0 Å². The second-order valence-corrected chi connectivity index (χ2v) is 13.3. The van der Waals surface area contributed by atoms with Crippen molar-refractivity contribution in [2.75, 3.05) is 6.54 Å². The third-order valence-corrected chi connectivity index (χ3v) is 5.04. The fourth-order valence-electron chi connectivity index (χ4n) is 1.53. The monoisotopic (exact) mass is 289 g/mol. The molecule has 0 bridgehead atoms. The molecule has 92 valence electrons. The lowest BCUT2D eigenvalue weighted by Gasteiger charge is -2.06. The minimum atomic E-state index is -2.34. The number of hydrogen-bond acceptors (Lipinski definition) is 1. The first-order valence-electron chi connectivity index (χ1n) is 5.83. The summed E-state index contributed by atoms with van der Waals surface area (Å²) in [4.78, 5) is 0. The lowest BCUT2D eigenvalue weighted by molar-refractivity contribution is 0.578. The Balaban J connectivity index is 2.99. The van der Waals surface area contributed by atoms with E-state index < -0.39 is 6.00 Å². The average molecular weight is 291 g/mol. The van der Waals surface area contributed by atoms with E-state index in [0.29, 0.717) is 0 Å². The highest BCUT2D eigenvalue weighted by Crippen LogP contribution is 2.27. The van der Waals surface area contributed by atoms with Crippen molar-refractivity contribution >= 4 is 39.2 Å². The Morgan fingerprint density at radius 3 is 1.47 bits per heavy atom. The van der Waals surface area contributed by atoms with Crippen molar-refractivity contribution in [1.29, 1.82) is 0 Å². The van der Waals surface area contributed by atoms with Crippen LogP contribution in [0.3, 0.4) is 0 Å². The van der Waals surface area contributed by atoms with E-state index in [4.69, 9.17) is 39.0 Å². The standard InChI is InChI=1S/C10H22Cl3NSi/c11-15(12,13)10-8-6-4-2-1-3-5-7-9-14/h1-10,14H2. The first-order chi connectivity index (χ1) is 7.06. The van der Waals surface area contributed by atoms with Gasteiger partial charge in [0.1, 0.15) is 0 Å². The van der Waals surface area contributed by atoms with E-state index in [2.05, 4.69) is 0 Å². The van der Waals surface area contributed by atoms with Gasteiger partial charge in [-0.2, -0.15) is 0 Å². The van der Waals surface area contributed by atoms with Gasteiger partial charge in [0, 0.05) is 0 Å². The van der Waals surface area contributed by atoms with Crippen LogP contribution >= 0.6 is 33.2 Å². The molecule has 0 aliphatic carbocycles. The van der Waals surface area contributed by atoms with Crippen molar-refractivity contribution in [2.45, 2.75) is 57.4 Å². The van der Waals surface area contributed by atoms with Gasteiger partial charge in [-0.15, -0.1) is 33.2 Å². The van der Waals surface area contributed by atoms with E-state index in [9.17, 15) is 0 Å². The number of rotatable bonds is 10. The molecule has 0 aromatic carbocycles. The highest BCUT2D eigenvalue weighted by molar-refractivity contribution is 7.64. The fraction of sp³-hybridized carbons (Fsp3) is 1.00. The summed E-state index contributed by atoms with van der Waals surface area (Å²) in [6, 6.07) is -1.53. The molecule has 0 aromatic heterocycles. The van der Waals surface area contributed by atoms with Crippen LogP contribution in [0.2, 0.25) is 6.04 Å². The molecular weight excluding hydrogens is 269 g/mol. The Bertz CT molecular complexity index is 139. The molecule has 0 saturated carbocycles. The van der Waals surface area contributed by atoms with Gasteiger partial charge < -0.3 is 5.73 Å². The smallest absolute Gasteiger partial charge is 0.330 e. The van der Waals surface area contributed by atoms with Crippen LogP contribution in [-0.4, -0.2) is 12.5 Å². The highest BCUT2D eigenvalue weighted by atomic mass is 35.8. The molecule has 0 spiro atoms. The molecule has 0 saturated heterocycles. The number of halogens is 3. The van der Waals surface area contributed by atoms with Crippen molar-refractivity contribution in [2.24, 2.45) is 5.73 Å². The van der Waals surface area contributed by atoms with Crippen LogP contribution in [0.1, 0.15) is 51.4 Å². The maximum atomic E-state index is 5.79. The summed E-state index contributed by atoms with van der Waals surface area (Å²) in [6.45, 7) is 0.827. The molecule has 15 heavy (non-hydrogen) atoms. The molecule has 0 rings (SSSR count). The topological polar surface area (TPSA) is 26.0 Å². The normalized spacial score (nSPS) is 12.0. The van der Waals surface area contributed by atoms with Gasteiger partial charge in [0.25, 0.3) is 0 Å². The maximum absolute atomic E-state index is 5.79. The summed E-state index contributed by atoms with van der Waals surface area (Å²) >= 11 is 17.4. The predicted molar refractivity (Wildman–Crippen MR) is 74.1 cm³/mol. The summed E-state index contributed by atoms with van der Waals surface area (Å²) < 4.78 is 0. The van der Waals surface area contributed by atoms with Crippen LogP contribution < -0.4 is 5.73 Å². The van der Waals surface area contributed by atoms with E-state index in [-0.39, 0.29) is 0 Å². The molecule has 0 amide bonds. The summed E-state index contributed by atoms with van der Waals surface area (Å²) in [5.41, 5.74) is 5.42. The summed E-state index contributed by atoms with van der Waals surface area (Å²) in [5.74, 6) is 0. The quantitative estimate of drug-likeness (QED) is 0.352. The number of hydrogen-bond donors (Lipinski definition) is 1. The largest absolute Gasteiger partial charge is 0.341 e. The second-order valence-electron chi connectivity index (χ2n) is 3.98. The molecule has 5 heteroatoms. The lowest BCUT2D eigenvalue weighted by Crippen LogP contribution is -2.07. The van der Waals surface area contributed by atoms with Gasteiger partial charge in [-0.3, -0.25) is 0 Å². The minimum absolute atomic E-state index is 0.810. The van der Waals surface area contributed by atoms with Crippen LogP contribution in [0.25, 0.3) is 0 Å². The molecule has 0 aliphatic heterocycles. The van der Waals surface area contributed by atoms with E-state index in [1.165, 1.54) is 44.9 Å². The van der Waals surface area contributed by atoms with E-state index in [1.807, 2.05) is 0 Å². The van der Waals surface area contributed by atoms with Crippen molar-refractivity contribution in [3.63, 3.8) is 0 Å². The number of nitrogens with two attached hydrogens (primary N) is 1. The van der Waals surface area contributed by atoms with Crippen LogP contribution in [0.15, 0.2) is 0 Å². The fourth-order valence-corrected chi connectivity index (χ4v) is 3.38. The van der Waals surface area contributed by atoms with Gasteiger partial charge in [-0.05, 0) is 19.0 Å². The Hall–Kier alpha value is 1.05. The molecular formula is C10H22Cl3NSi. The van der Waals surface area contributed by atoms with Gasteiger partial charge in [0.15, 0.2) is 0 Å². The first-order valence-corrected chi connectivity index (χ1v) is 11.1. The van der Waals surface area contributed by atoms with Crippen molar-refractivity contribution < 1.29 is 0 Å². The predicted octanol–water partition coefficient (Wildman–Crippen LogP) is 4.72. The summed E-state index contributed by atoms with van der Waals surface area (Å²) in [6.07, 6.45) is 9.95. The third-order valence-electron chi connectivity index (χ3n) is 2.41. The molecule has 1 nitrogen and oxygen atoms in total. The molecule has 0 aliphatic rings. The van der Waals surface area contributed by atoms with Crippen LogP contribution in [-0.2, 0) is 0 Å². The molecule has 0 radical (unpaired) electrons. The van der Waals surface area contributed by atoms with Crippen molar-refractivity contribution in [1.82, 2.24) is 0 Å². The molecule has 2 N–H and O–H groups in total. The summed E-state index contributed by atoms with van der Waals surface area (Å²) in [5, 5.41) is 0. The Kier molecular flexibility index (Phi) is 10.9. The zero-order valence-electron chi connectivity index (χ0n) is 9.28. The first kappa shape index (κ1) is 16.0. The lowest BCUT2D eigenvalue weighted by atomic mass is 10.1. The average Bonchev–Trinajstić information content (AvgIpc) is 2.14. The van der Waals surface area contributed by atoms with Crippen molar-refractivity contribution in [3.05, 3.63) is 0 Å². The van der Waals surface area contributed by atoms with Crippen LogP contribution in [0.4, 0.5) is 0 Å². The maximum Gasteiger partial charge on any atom is 0.341 e. The van der Waals surface area contributed by atoms with Gasteiger partial charge in [0.2, 0.25) is 0 Å². The second kappa shape index (κ2) is 10.2. The SMILES string of the molecule is NCCCCCCCCCC[Si](Cl)(Cl)Cl. The van der Waals surface area contributed by atoms with E-state index in [0.717, 1.165) is 19.0 Å². The van der Waals surface area contributed by atoms with Gasteiger partial charge in [0.05, 0.1) is 0 Å². The molecule has 0 fully saturated rings. The molecule has 0 atom stereocenters. The van der Waals surface area contributed by atoms with Crippen molar-refractivity contribution in [3.8, 4) is 0 Å². The zero-order chi connectivity index (χ0) is 11.6. The molecule has 0 unspecified atom stereocenters. The Labute approximate surface area is 109 Å². The van der Waals surface area contributed by atoms with E-state index >= 15 is 0 Å². The third kappa shape index (κ3) is 15.0. The Morgan fingerprint density at radius 1 is 0.667 bits per heavy atom. The number of unbranched alkanes of at least 4 members (excludes halogenated alkanes) is 7. The molecule has 0 aromatic rings. The van der Waals surface area contributed by atoms with Gasteiger partial charge in [-0.1, -0.05) is 44.9 Å². The molecule has 0 heterocycles. The summed E-state index contributed by atoms with van der Waals surface area (Å²) in [7, 11) is 0. The Morgan fingerprint density at radius 2 is 1.07 bits per heavy atom. The van der Waals surface area contributed by atoms with Gasteiger partial charge in [-0.25, -0.2) is 0 Å².